The van der Waals surface area contributed by atoms with E-state index in [-0.39, 0.29) is 6.03 Å². The first kappa shape index (κ1) is 24.1. The number of pyridine rings is 1. The lowest BCUT2D eigenvalue weighted by Crippen LogP contribution is -2.46. The number of H-pyrrole nitrogens is 1. The third-order valence-corrected chi connectivity index (χ3v) is 7.56. The van der Waals surface area contributed by atoms with E-state index in [1.54, 1.807) is 29.2 Å². The molecular weight excluding hydrogens is 543 g/mol. The summed E-state index contributed by atoms with van der Waals surface area (Å²) in [6.07, 6.45) is 3.49. The Labute approximate surface area is 228 Å². The van der Waals surface area contributed by atoms with Gasteiger partial charge in [-0.15, -0.1) is 0 Å². The van der Waals surface area contributed by atoms with Crippen LogP contribution in [0.4, 0.5) is 27.9 Å². The number of imidazole rings is 1. The monoisotopic (exact) mass is 566 g/mol. The van der Waals surface area contributed by atoms with Crippen LogP contribution in [0.15, 0.2) is 59.3 Å². The normalized spacial score (nSPS) is 13.2. The zero-order valence-corrected chi connectivity index (χ0v) is 23.0. The summed E-state index contributed by atoms with van der Waals surface area (Å²) in [5.74, 6) is 1.74. The Balaban J connectivity index is 1.32. The van der Waals surface area contributed by atoms with Crippen LogP contribution in [0.25, 0.3) is 22.4 Å². The molecule has 11 heteroatoms. The molecule has 2 N–H and O–H groups in total. The summed E-state index contributed by atoms with van der Waals surface area (Å²) in [6, 6.07) is 13.8. The minimum absolute atomic E-state index is 0.163. The van der Waals surface area contributed by atoms with E-state index in [9.17, 15) is 4.79 Å². The standard InChI is InChI=1S/C27H24BBrN8O/c1-14-4-6-16(24-33-21-9-19(28)20(29)10-22(21)34-24)8-23(14)37-13-17-11-31-26(35-25(17)36(3)27(37)38)32-18-7-5-15(2)30-12-18/h4-12H,13,28H2,1-3H3,(H,33,34)(H,31,32,35). The number of fused-ring (bicyclic) bond motifs is 2. The second-order valence-electron chi connectivity index (χ2n) is 9.49. The van der Waals surface area contributed by atoms with Crippen molar-refractivity contribution in [2.45, 2.75) is 20.4 Å². The van der Waals surface area contributed by atoms with Gasteiger partial charge in [0.1, 0.15) is 19.5 Å². The summed E-state index contributed by atoms with van der Waals surface area (Å²) in [5, 5.41) is 3.16. The number of aryl methyl sites for hydroxylation is 2. The van der Waals surface area contributed by atoms with Crippen molar-refractivity contribution in [2.24, 2.45) is 0 Å². The van der Waals surface area contributed by atoms with Crippen LogP contribution in [-0.4, -0.2) is 45.8 Å². The van der Waals surface area contributed by atoms with E-state index in [1.807, 2.05) is 64.2 Å². The fourth-order valence-electron chi connectivity index (χ4n) is 4.55. The number of hydrogen-bond donors (Lipinski definition) is 2. The smallest absolute Gasteiger partial charge is 0.330 e. The molecule has 0 radical (unpaired) electrons. The molecule has 1 aliphatic rings. The number of nitrogens with zero attached hydrogens (tertiary/aromatic N) is 6. The molecule has 38 heavy (non-hydrogen) atoms. The zero-order valence-electron chi connectivity index (χ0n) is 21.4. The number of halogens is 1. The number of hydrogen-bond acceptors (Lipinski definition) is 6. The highest BCUT2D eigenvalue weighted by atomic mass is 79.9. The van der Waals surface area contributed by atoms with Gasteiger partial charge in [0, 0.05) is 40.2 Å². The molecule has 0 spiro atoms. The molecule has 5 aromatic rings. The third-order valence-electron chi connectivity index (χ3n) is 6.71. The topological polar surface area (TPSA) is 103 Å². The Morgan fingerprint density at radius 1 is 1.05 bits per heavy atom. The highest BCUT2D eigenvalue weighted by Crippen LogP contribution is 2.34. The van der Waals surface area contributed by atoms with E-state index in [0.717, 1.165) is 60.6 Å². The summed E-state index contributed by atoms with van der Waals surface area (Å²) in [7, 11) is 3.77. The number of amides is 2. The summed E-state index contributed by atoms with van der Waals surface area (Å²) < 4.78 is 1.03. The molecule has 0 saturated carbocycles. The van der Waals surface area contributed by atoms with Crippen LogP contribution in [-0.2, 0) is 6.54 Å². The van der Waals surface area contributed by atoms with Gasteiger partial charge in [-0.25, -0.2) is 14.8 Å². The molecule has 0 saturated heterocycles. The highest BCUT2D eigenvalue weighted by Gasteiger charge is 2.31. The first-order valence-corrected chi connectivity index (χ1v) is 12.9. The van der Waals surface area contributed by atoms with Gasteiger partial charge in [-0.3, -0.25) is 14.8 Å². The maximum absolute atomic E-state index is 13.5. The zero-order chi connectivity index (χ0) is 26.6. The lowest BCUT2D eigenvalue weighted by atomic mass is 9.96. The van der Waals surface area contributed by atoms with E-state index in [2.05, 4.69) is 41.2 Å². The van der Waals surface area contributed by atoms with Crippen molar-refractivity contribution >= 4 is 69.4 Å². The molecule has 0 bridgehead atoms. The van der Waals surface area contributed by atoms with Crippen molar-refractivity contribution in [1.82, 2.24) is 24.9 Å². The number of nitrogens with one attached hydrogen (secondary N) is 2. The number of anilines is 4. The number of aromatic nitrogens is 5. The molecule has 188 valence electrons. The van der Waals surface area contributed by atoms with Crippen LogP contribution in [0.2, 0.25) is 0 Å². The molecule has 0 aliphatic carbocycles. The van der Waals surface area contributed by atoms with E-state index >= 15 is 0 Å². The first-order chi connectivity index (χ1) is 18.3. The molecule has 2 aromatic carbocycles. The van der Waals surface area contributed by atoms with E-state index in [0.29, 0.717) is 18.3 Å². The predicted octanol–water partition coefficient (Wildman–Crippen LogP) is 4.37. The molecule has 0 unspecified atom stereocenters. The van der Waals surface area contributed by atoms with Gasteiger partial charge < -0.3 is 10.3 Å². The molecule has 0 atom stereocenters. The maximum atomic E-state index is 13.5. The Morgan fingerprint density at radius 3 is 2.68 bits per heavy atom. The summed E-state index contributed by atoms with van der Waals surface area (Å²) in [4.78, 5) is 38.5. The molecule has 4 heterocycles. The van der Waals surface area contributed by atoms with Gasteiger partial charge in [0.2, 0.25) is 5.95 Å². The van der Waals surface area contributed by atoms with E-state index < -0.39 is 0 Å². The first-order valence-electron chi connectivity index (χ1n) is 12.1. The van der Waals surface area contributed by atoms with Crippen LogP contribution in [0.5, 0.6) is 0 Å². The Hall–Kier alpha value is -4.25. The van der Waals surface area contributed by atoms with Gasteiger partial charge in [-0.2, -0.15) is 4.98 Å². The average Bonchev–Trinajstić information content (AvgIpc) is 3.31. The number of carbonyl (C=O) groups is 1. The molecule has 6 rings (SSSR count). The fourth-order valence-corrected chi connectivity index (χ4v) is 4.89. The number of benzene rings is 2. The van der Waals surface area contributed by atoms with Gasteiger partial charge in [0.05, 0.1) is 29.5 Å². The molecule has 0 fully saturated rings. The van der Waals surface area contributed by atoms with Crippen molar-refractivity contribution < 1.29 is 4.79 Å². The van der Waals surface area contributed by atoms with Crippen LogP contribution in [0.3, 0.4) is 0 Å². The molecule has 9 nitrogen and oxygen atoms in total. The summed E-state index contributed by atoms with van der Waals surface area (Å²) in [6.45, 7) is 4.29. The Morgan fingerprint density at radius 2 is 1.89 bits per heavy atom. The van der Waals surface area contributed by atoms with E-state index in [1.165, 1.54) is 0 Å². The average molecular weight is 567 g/mol. The minimum Gasteiger partial charge on any atom is -0.338 e. The Kier molecular flexibility index (Phi) is 5.87. The van der Waals surface area contributed by atoms with Crippen molar-refractivity contribution in [1.29, 1.82) is 0 Å². The second kappa shape index (κ2) is 9.25. The predicted molar refractivity (Wildman–Crippen MR) is 156 cm³/mol. The summed E-state index contributed by atoms with van der Waals surface area (Å²) >= 11 is 3.59. The van der Waals surface area contributed by atoms with Gasteiger partial charge >= 0.3 is 6.03 Å². The second-order valence-corrected chi connectivity index (χ2v) is 10.3. The Bertz CT molecular complexity index is 1680. The van der Waals surface area contributed by atoms with Crippen molar-refractivity contribution in [2.75, 3.05) is 22.2 Å². The minimum atomic E-state index is -0.163. The van der Waals surface area contributed by atoms with Crippen LogP contribution in [0.1, 0.15) is 16.8 Å². The lowest BCUT2D eigenvalue weighted by Gasteiger charge is -2.35. The number of rotatable bonds is 4. The molecular formula is C27H24BBrN8O. The van der Waals surface area contributed by atoms with Gasteiger partial charge in [0.25, 0.3) is 0 Å². The lowest BCUT2D eigenvalue weighted by molar-refractivity contribution is 0.251. The van der Waals surface area contributed by atoms with Crippen LogP contribution >= 0.6 is 15.9 Å². The molecule has 3 aromatic heterocycles. The van der Waals surface area contributed by atoms with Crippen LogP contribution in [0, 0.1) is 13.8 Å². The van der Waals surface area contributed by atoms with Crippen molar-refractivity contribution in [3.8, 4) is 11.4 Å². The number of aromatic amines is 1. The molecule has 1 aliphatic heterocycles. The van der Waals surface area contributed by atoms with Crippen molar-refractivity contribution in [3.63, 3.8) is 0 Å². The third kappa shape index (κ3) is 4.28. The quantitative estimate of drug-likeness (QED) is 0.313. The maximum Gasteiger partial charge on any atom is 0.330 e. The SMILES string of the molecule is Bc1cc2nc(-c3ccc(C)c(N4Cc5cnc(Nc6ccc(C)nc6)nc5N(C)C4=O)c3)[nH]c2cc1Br. The fraction of sp³-hybridized carbons (Fsp3) is 0.148. The van der Waals surface area contributed by atoms with Crippen molar-refractivity contribution in [3.05, 3.63) is 76.2 Å². The summed E-state index contributed by atoms with van der Waals surface area (Å²) in [5.41, 5.74) is 8.23. The van der Waals surface area contributed by atoms with Gasteiger partial charge in [0.15, 0.2) is 0 Å². The number of carbonyl (C=O) groups excluding carboxylic acids is 1. The highest BCUT2D eigenvalue weighted by molar-refractivity contribution is 9.10. The van der Waals surface area contributed by atoms with Crippen LogP contribution < -0.4 is 20.6 Å². The molecule has 2 amide bonds. The number of urea groups is 1. The van der Waals surface area contributed by atoms with Gasteiger partial charge in [-0.1, -0.05) is 33.5 Å². The van der Waals surface area contributed by atoms with Gasteiger partial charge in [-0.05, 0) is 49.7 Å². The van der Waals surface area contributed by atoms with E-state index in [4.69, 9.17) is 4.98 Å². The largest absolute Gasteiger partial charge is 0.338 e.